The molecule has 2 fully saturated rings. The maximum atomic E-state index is 12.3. The van der Waals surface area contributed by atoms with Gasteiger partial charge >= 0.3 is 0 Å². The van der Waals surface area contributed by atoms with Gasteiger partial charge in [0.25, 0.3) is 11.8 Å². The number of hydrogen-bond acceptors (Lipinski definition) is 7. The van der Waals surface area contributed by atoms with E-state index in [1.54, 1.807) is 23.3 Å². The highest BCUT2D eigenvalue weighted by molar-refractivity contribution is 5.92. The molecular formula is C19H20N6O3. The number of nitrogens with zero attached hydrogens (tertiary/aromatic N) is 5. The van der Waals surface area contributed by atoms with E-state index in [0.29, 0.717) is 29.9 Å². The molecule has 1 unspecified atom stereocenters. The van der Waals surface area contributed by atoms with Crippen LogP contribution < -0.4 is 5.32 Å². The van der Waals surface area contributed by atoms with Gasteiger partial charge in [-0.25, -0.2) is 9.97 Å². The van der Waals surface area contributed by atoms with E-state index in [2.05, 4.69) is 25.4 Å². The number of nitrogens with one attached hydrogen (secondary N) is 1. The van der Waals surface area contributed by atoms with Crippen molar-refractivity contribution in [1.29, 1.82) is 0 Å². The van der Waals surface area contributed by atoms with Crippen LogP contribution in [-0.2, 0) is 4.74 Å². The van der Waals surface area contributed by atoms with Crippen LogP contribution in [0.25, 0.3) is 17.3 Å². The van der Waals surface area contributed by atoms with Crippen molar-refractivity contribution in [2.75, 3.05) is 13.2 Å². The summed E-state index contributed by atoms with van der Waals surface area (Å²) in [5.41, 5.74) is 1.10. The van der Waals surface area contributed by atoms with E-state index in [0.717, 1.165) is 43.7 Å². The van der Waals surface area contributed by atoms with E-state index in [1.807, 2.05) is 12.1 Å². The van der Waals surface area contributed by atoms with Crippen LogP contribution in [0, 0.1) is 0 Å². The van der Waals surface area contributed by atoms with Crippen molar-refractivity contribution in [2.24, 2.45) is 0 Å². The van der Waals surface area contributed by atoms with Crippen LogP contribution in [0.4, 0.5) is 0 Å². The minimum atomic E-state index is -0.218. The lowest BCUT2D eigenvalue weighted by Gasteiger charge is -2.09. The number of imidazole rings is 1. The highest BCUT2D eigenvalue weighted by Crippen LogP contribution is 2.38. The molecule has 1 saturated heterocycles. The second-order valence-corrected chi connectivity index (χ2v) is 7.15. The Labute approximate surface area is 161 Å². The van der Waals surface area contributed by atoms with Gasteiger partial charge in [0.1, 0.15) is 17.8 Å². The Bertz CT molecular complexity index is 970. The summed E-state index contributed by atoms with van der Waals surface area (Å²) < 4.78 is 12.5. The molecule has 9 heteroatoms. The van der Waals surface area contributed by atoms with Gasteiger partial charge in [-0.1, -0.05) is 5.16 Å². The highest BCUT2D eigenvalue weighted by atomic mass is 16.5. The molecule has 1 atom stereocenters. The van der Waals surface area contributed by atoms with Crippen LogP contribution in [0.2, 0.25) is 0 Å². The molecular weight excluding hydrogens is 360 g/mol. The van der Waals surface area contributed by atoms with Gasteiger partial charge in [0.15, 0.2) is 5.82 Å². The topological polar surface area (TPSA) is 108 Å². The highest BCUT2D eigenvalue weighted by Gasteiger charge is 2.29. The van der Waals surface area contributed by atoms with Crippen molar-refractivity contribution in [3.05, 3.63) is 42.4 Å². The fourth-order valence-electron chi connectivity index (χ4n) is 3.19. The monoisotopic (exact) mass is 380 g/mol. The summed E-state index contributed by atoms with van der Waals surface area (Å²) >= 11 is 0. The molecule has 0 bridgehead atoms. The maximum Gasteiger partial charge on any atom is 0.271 e. The molecule has 1 aliphatic carbocycles. The van der Waals surface area contributed by atoms with E-state index in [-0.39, 0.29) is 12.0 Å². The van der Waals surface area contributed by atoms with Crippen LogP contribution in [0.15, 0.2) is 35.4 Å². The Morgan fingerprint density at radius 2 is 2.18 bits per heavy atom. The molecule has 9 nitrogen and oxygen atoms in total. The normalized spacial score (nSPS) is 19.1. The molecule has 4 heterocycles. The van der Waals surface area contributed by atoms with Crippen molar-refractivity contribution in [2.45, 2.75) is 37.7 Å². The summed E-state index contributed by atoms with van der Waals surface area (Å²) in [6, 6.07) is 3.69. The summed E-state index contributed by atoms with van der Waals surface area (Å²) in [4.78, 5) is 25.3. The number of carbonyl (C=O) groups is 1. The third-order valence-electron chi connectivity index (χ3n) is 4.97. The molecule has 0 radical (unpaired) electrons. The van der Waals surface area contributed by atoms with E-state index >= 15 is 0 Å². The van der Waals surface area contributed by atoms with E-state index in [9.17, 15) is 4.79 Å². The lowest BCUT2D eigenvalue weighted by Crippen LogP contribution is -2.31. The van der Waals surface area contributed by atoms with E-state index in [4.69, 9.17) is 9.26 Å². The molecule has 28 heavy (non-hydrogen) atoms. The summed E-state index contributed by atoms with van der Waals surface area (Å²) in [7, 11) is 0. The zero-order valence-corrected chi connectivity index (χ0v) is 15.2. The Kier molecular flexibility index (Phi) is 4.36. The first-order valence-corrected chi connectivity index (χ1v) is 9.50. The zero-order valence-electron chi connectivity index (χ0n) is 15.2. The molecule has 1 saturated carbocycles. The SMILES string of the molecule is O=C(NCC1CCCO1)c1cn(-c2ccc(-c3nc(C4CC4)no3)cn2)cn1. The minimum Gasteiger partial charge on any atom is -0.376 e. The predicted molar refractivity (Wildman–Crippen MR) is 97.9 cm³/mol. The van der Waals surface area contributed by atoms with E-state index in [1.165, 1.54) is 0 Å². The quantitative estimate of drug-likeness (QED) is 0.698. The third kappa shape index (κ3) is 3.53. The van der Waals surface area contributed by atoms with Gasteiger partial charge in [-0.05, 0) is 37.8 Å². The maximum absolute atomic E-state index is 12.3. The molecule has 0 spiro atoms. The number of carbonyl (C=O) groups excluding carboxylic acids is 1. The van der Waals surface area contributed by atoms with Gasteiger partial charge in [0.2, 0.25) is 0 Å². The average Bonchev–Trinajstić information content (AvgIpc) is 3.16. The number of ether oxygens (including phenoxy) is 1. The Morgan fingerprint density at radius 3 is 2.93 bits per heavy atom. The largest absolute Gasteiger partial charge is 0.376 e. The second kappa shape index (κ2) is 7.16. The summed E-state index contributed by atoms with van der Waals surface area (Å²) in [6.07, 6.45) is 9.28. The first kappa shape index (κ1) is 17.1. The standard InChI is InChI=1S/C19H20N6O3/c26-18(21-9-14-2-1-7-27-14)15-10-25(11-22-15)16-6-5-13(8-20-16)19-23-17(24-28-19)12-3-4-12/h5-6,8,10-12,14H,1-4,7,9H2,(H,21,26). The molecule has 1 amide bonds. The van der Waals surface area contributed by atoms with E-state index < -0.39 is 0 Å². The van der Waals surface area contributed by atoms with Gasteiger partial charge in [-0.3, -0.25) is 9.36 Å². The van der Waals surface area contributed by atoms with Crippen LogP contribution in [0.1, 0.15) is 47.9 Å². The smallest absolute Gasteiger partial charge is 0.271 e. The lowest BCUT2D eigenvalue weighted by molar-refractivity contribution is 0.0854. The van der Waals surface area contributed by atoms with Crippen molar-refractivity contribution in [3.63, 3.8) is 0 Å². The van der Waals surface area contributed by atoms with Gasteiger partial charge in [0, 0.05) is 31.5 Å². The zero-order chi connectivity index (χ0) is 18.9. The van der Waals surface area contributed by atoms with Crippen LogP contribution >= 0.6 is 0 Å². The Balaban J connectivity index is 1.25. The fraction of sp³-hybridized carbons (Fsp3) is 0.421. The molecule has 5 rings (SSSR count). The van der Waals surface area contributed by atoms with Crippen molar-refractivity contribution in [3.8, 4) is 17.3 Å². The number of amides is 1. The average molecular weight is 380 g/mol. The molecule has 1 N–H and O–H groups in total. The van der Waals surface area contributed by atoms with Crippen LogP contribution in [-0.4, -0.2) is 49.8 Å². The molecule has 3 aromatic rings. The van der Waals surface area contributed by atoms with Crippen molar-refractivity contribution < 1.29 is 14.1 Å². The first-order valence-electron chi connectivity index (χ1n) is 9.50. The Hall–Kier alpha value is -3.07. The lowest BCUT2D eigenvalue weighted by atomic mass is 10.2. The fourth-order valence-corrected chi connectivity index (χ4v) is 3.19. The van der Waals surface area contributed by atoms with Gasteiger partial charge in [-0.2, -0.15) is 4.98 Å². The minimum absolute atomic E-state index is 0.102. The van der Waals surface area contributed by atoms with Gasteiger partial charge in [0.05, 0.1) is 11.7 Å². The molecule has 3 aromatic heterocycles. The first-order chi connectivity index (χ1) is 13.8. The van der Waals surface area contributed by atoms with Crippen LogP contribution in [0.3, 0.4) is 0 Å². The molecule has 1 aliphatic heterocycles. The molecule has 0 aromatic carbocycles. The summed E-state index contributed by atoms with van der Waals surface area (Å²) in [5, 5.41) is 6.89. The third-order valence-corrected chi connectivity index (χ3v) is 4.97. The number of pyridine rings is 1. The van der Waals surface area contributed by atoms with Crippen molar-refractivity contribution in [1.82, 2.24) is 30.0 Å². The summed E-state index contributed by atoms with van der Waals surface area (Å²) in [6.45, 7) is 1.27. The summed E-state index contributed by atoms with van der Waals surface area (Å²) in [5.74, 6) is 2.12. The predicted octanol–water partition coefficient (Wildman–Crippen LogP) is 2.10. The number of aromatic nitrogens is 5. The van der Waals surface area contributed by atoms with Gasteiger partial charge in [-0.15, -0.1) is 0 Å². The molecule has 2 aliphatic rings. The second-order valence-electron chi connectivity index (χ2n) is 7.15. The van der Waals surface area contributed by atoms with Crippen molar-refractivity contribution >= 4 is 5.91 Å². The molecule has 144 valence electrons. The number of hydrogen-bond donors (Lipinski definition) is 1. The number of rotatable bonds is 6. The van der Waals surface area contributed by atoms with Crippen LogP contribution in [0.5, 0.6) is 0 Å². The van der Waals surface area contributed by atoms with Gasteiger partial charge < -0.3 is 14.6 Å². The Morgan fingerprint density at radius 1 is 1.25 bits per heavy atom.